The van der Waals surface area contributed by atoms with Gasteiger partial charge in [0.2, 0.25) is 0 Å². The van der Waals surface area contributed by atoms with Crippen molar-refractivity contribution >= 4 is 0 Å². The van der Waals surface area contributed by atoms with Gasteiger partial charge in [-0.05, 0) is 24.3 Å². The average Bonchev–Trinajstić information content (AvgIpc) is 2.75. The lowest BCUT2D eigenvalue weighted by Gasteiger charge is -2.12. The molecule has 0 radical (unpaired) electrons. The molecule has 4 nitrogen and oxygen atoms in total. The highest BCUT2D eigenvalue weighted by atomic mass is 19.1. The molecule has 2 aromatic heterocycles. The fraction of sp³-hybridized carbons (Fsp3) is 0.100. The van der Waals surface area contributed by atoms with Gasteiger partial charge in [0, 0.05) is 6.20 Å². The quantitative estimate of drug-likeness (QED) is 0.589. The van der Waals surface area contributed by atoms with Crippen molar-refractivity contribution in [3.8, 4) is 0 Å². The summed E-state index contributed by atoms with van der Waals surface area (Å²) in [6.45, 7) is 0. The summed E-state index contributed by atoms with van der Waals surface area (Å²) in [4.78, 5) is 3.93. The van der Waals surface area contributed by atoms with Gasteiger partial charge < -0.3 is 4.42 Å². The first-order valence-electron chi connectivity index (χ1n) is 4.43. The maximum absolute atomic E-state index is 13.4. The van der Waals surface area contributed by atoms with E-state index in [0.717, 1.165) is 0 Å². The third-order valence-corrected chi connectivity index (χ3v) is 2.05. The van der Waals surface area contributed by atoms with Crippen LogP contribution in [0.4, 0.5) is 4.39 Å². The van der Waals surface area contributed by atoms with E-state index >= 15 is 0 Å². The molecular weight excluding hydrogens is 197 g/mol. The lowest BCUT2D eigenvalue weighted by Crippen LogP contribution is -2.29. The second-order valence-corrected chi connectivity index (χ2v) is 2.99. The minimum absolute atomic E-state index is 0.218. The predicted octanol–water partition coefficient (Wildman–Crippen LogP) is 1.37. The summed E-state index contributed by atoms with van der Waals surface area (Å²) in [7, 11) is 0. The molecule has 78 valence electrons. The summed E-state index contributed by atoms with van der Waals surface area (Å²) in [5, 5.41) is 0. The van der Waals surface area contributed by atoms with Crippen LogP contribution in [0.15, 0.2) is 41.1 Å². The van der Waals surface area contributed by atoms with E-state index < -0.39 is 11.9 Å². The Labute approximate surface area is 85.9 Å². The van der Waals surface area contributed by atoms with E-state index in [-0.39, 0.29) is 5.69 Å². The third-order valence-electron chi connectivity index (χ3n) is 2.05. The van der Waals surface area contributed by atoms with E-state index in [4.69, 9.17) is 10.3 Å². The first-order valence-corrected chi connectivity index (χ1v) is 4.43. The first kappa shape index (κ1) is 9.82. The molecule has 0 aliphatic carbocycles. The highest BCUT2D eigenvalue weighted by Gasteiger charge is 2.19. The molecule has 5 heteroatoms. The number of furan rings is 1. The minimum Gasteiger partial charge on any atom is -0.467 e. The van der Waals surface area contributed by atoms with Crippen molar-refractivity contribution in [1.82, 2.24) is 10.4 Å². The van der Waals surface area contributed by atoms with Gasteiger partial charge in [0.15, 0.2) is 0 Å². The van der Waals surface area contributed by atoms with Gasteiger partial charge in [-0.3, -0.25) is 10.8 Å². The van der Waals surface area contributed by atoms with Crippen molar-refractivity contribution < 1.29 is 8.81 Å². The molecule has 15 heavy (non-hydrogen) atoms. The van der Waals surface area contributed by atoms with Crippen LogP contribution in [0, 0.1) is 5.82 Å². The molecule has 0 aromatic carbocycles. The fourth-order valence-corrected chi connectivity index (χ4v) is 1.36. The molecule has 3 N–H and O–H groups in total. The molecule has 2 heterocycles. The number of pyridine rings is 1. The highest BCUT2D eigenvalue weighted by molar-refractivity contribution is 5.21. The molecule has 0 saturated carbocycles. The third kappa shape index (κ3) is 1.88. The Morgan fingerprint density at radius 3 is 2.87 bits per heavy atom. The maximum atomic E-state index is 13.4. The van der Waals surface area contributed by atoms with Gasteiger partial charge in [0.05, 0.1) is 6.26 Å². The normalized spacial score (nSPS) is 12.7. The van der Waals surface area contributed by atoms with Crippen molar-refractivity contribution in [2.75, 3.05) is 0 Å². The standard InChI is InChI=1S/C10H10FN3O/c11-7-3-1-5-13-9(7)10(14-12)8-4-2-6-15-8/h1-6,10,14H,12H2. The molecule has 0 saturated heterocycles. The number of nitrogens with zero attached hydrogens (tertiary/aromatic N) is 1. The summed E-state index contributed by atoms with van der Waals surface area (Å²) in [6.07, 6.45) is 3.01. The van der Waals surface area contributed by atoms with Crippen LogP contribution in [0.1, 0.15) is 17.5 Å². The molecule has 0 aliphatic rings. The first-order chi connectivity index (χ1) is 7.33. The number of rotatable bonds is 3. The van der Waals surface area contributed by atoms with Gasteiger partial charge in [-0.2, -0.15) is 0 Å². The predicted molar refractivity (Wildman–Crippen MR) is 52.1 cm³/mol. The number of hydrogen-bond donors (Lipinski definition) is 2. The highest BCUT2D eigenvalue weighted by Crippen LogP contribution is 2.21. The number of nitrogens with one attached hydrogen (secondary N) is 1. The van der Waals surface area contributed by atoms with Crippen LogP contribution in [0.3, 0.4) is 0 Å². The van der Waals surface area contributed by atoms with Crippen LogP contribution in [0.25, 0.3) is 0 Å². The number of nitrogens with two attached hydrogens (primary N) is 1. The van der Waals surface area contributed by atoms with Crippen LogP contribution in [0.2, 0.25) is 0 Å². The molecule has 2 aromatic rings. The molecule has 2 rings (SSSR count). The van der Waals surface area contributed by atoms with Crippen LogP contribution in [0.5, 0.6) is 0 Å². The monoisotopic (exact) mass is 207 g/mol. The van der Waals surface area contributed by atoms with Crippen LogP contribution in [-0.2, 0) is 0 Å². The second kappa shape index (κ2) is 4.20. The van der Waals surface area contributed by atoms with Gasteiger partial charge in [-0.1, -0.05) is 0 Å². The van der Waals surface area contributed by atoms with Gasteiger partial charge in [-0.25, -0.2) is 9.82 Å². The van der Waals surface area contributed by atoms with E-state index in [9.17, 15) is 4.39 Å². The molecule has 0 spiro atoms. The Hall–Kier alpha value is -1.72. The summed E-state index contributed by atoms with van der Waals surface area (Å²) in [5.41, 5.74) is 2.68. The minimum atomic E-state index is -0.568. The molecule has 0 amide bonds. The topological polar surface area (TPSA) is 64.1 Å². The van der Waals surface area contributed by atoms with E-state index in [0.29, 0.717) is 5.76 Å². The maximum Gasteiger partial charge on any atom is 0.146 e. The van der Waals surface area contributed by atoms with E-state index in [1.165, 1.54) is 24.6 Å². The van der Waals surface area contributed by atoms with Crippen LogP contribution in [-0.4, -0.2) is 4.98 Å². The van der Waals surface area contributed by atoms with Gasteiger partial charge in [-0.15, -0.1) is 0 Å². The number of aromatic nitrogens is 1. The zero-order valence-corrected chi connectivity index (χ0v) is 7.85. The van der Waals surface area contributed by atoms with E-state index in [1.807, 2.05) is 0 Å². The molecule has 0 bridgehead atoms. The Balaban J connectivity index is 2.40. The van der Waals surface area contributed by atoms with Crippen LogP contribution < -0.4 is 11.3 Å². The van der Waals surface area contributed by atoms with Crippen molar-refractivity contribution in [2.45, 2.75) is 6.04 Å². The number of hydrogen-bond acceptors (Lipinski definition) is 4. The van der Waals surface area contributed by atoms with Crippen molar-refractivity contribution in [2.24, 2.45) is 5.84 Å². The zero-order valence-electron chi connectivity index (χ0n) is 7.85. The second-order valence-electron chi connectivity index (χ2n) is 2.99. The van der Waals surface area contributed by atoms with Crippen LogP contribution >= 0.6 is 0 Å². The van der Waals surface area contributed by atoms with Gasteiger partial charge in [0.25, 0.3) is 0 Å². The number of halogens is 1. The number of hydrazine groups is 1. The Morgan fingerprint density at radius 1 is 1.40 bits per heavy atom. The van der Waals surface area contributed by atoms with Crippen molar-refractivity contribution in [1.29, 1.82) is 0 Å². The lowest BCUT2D eigenvalue weighted by molar-refractivity contribution is 0.434. The summed E-state index contributed by atoms with van der Waals surface area (Å²) < 4.78 is 18.6. The van der Waals surface area contributed by atoms with Gasteiger partial charge in [0.1, 0.15) is 23.3 Å². The summed E-state index contributed by atoms with van der Waals surface area (Å²) in [6, 6.07) is 5.70. The Bertz CT molecular complexity index is 430. The summed E-state index contributed by atoms with van der Waals surface area (Å²) in [5.74, 6) is 5.45. The van der Waals surface area contributed by atoms with Gasteiger partial charge >= 0.3 is 0 Å². The van der Waals surface area contributed by atoms with E-state index in [1.54, 1.807) is 12.1 Å². The zero-order chi connectivity index (χ0) is 10.7. The fourth-order valence-electron chi connectivity index (χ4n) is 1.36. The summed E-state index contributed by atoms with van der Waals surface area (Å²) >= 11 is 0. The molecule has 1 unspecified atom stereocenters. The average molecular weight is 207 g/mol. The SMILES string of the molecule is NNC(c1ccco1)c1ncccc1F. The van der Waals surface area contributed by atoms with Crippen molar-refractivity contribution in [3.05, 3.63) is 54.0 Å². The van der Waals surface area contributed by atoms with E-state index in [2.05, 4.69) is 10.4 Å². The Kier molecular flexibility index (Phi) is 2.75. The molecule has 0 fully saturated rings. The smallest absolute Gasteiger partial charge is 0.146 e. The molecular formula is C10H10FN3O. The lowest BCUT2D eigenvalue weighted by atomic mass is 10.1. The van der Waals surface area contributed by atoms with Crippen molar-refractivity contribution in [3.63, 3.8) is 0 Å². The molecule has 0 aliphatic heterocycles. The Morgan fingerprint density at radius 2 is 2.27 bits per heavy atom. The molecule has 1 atom stereocenters. The largest absolute Gasteiger partial charge is 0.467 e.